The number of ether oxygens (including phenoxy) is 2. The standard InChI is InChI=1S/C35H36N4O4/c40-32(36-28-13-7-15-30-26(28)17-19-34(38-30)42-22-24-9-3-1-4-10-24)21-33(41)37-29-14-8-16-31-27(29)18-20-35(39-31)43-23-25-11-5-2-6-12-25/h1-6,9-12,17-20,28-29H,7-8,13-16,21-23H2,(H,36,40)(H,37,41). The van der Waals surface area contributed by atoms with Crippen molar-refractivity contribution in [3.05, 3.63) is 119 Å². The number of benzene rings is 2. The van der Waals surface area contributed by atoms with Gasteiger partial charge in [0, 0.05) is 23.5 Å². The number of aryl methyl sites for hydroxylation is 2. The number of fused-ring (bicyclic) bond motifs is 2. The molecule has 8 nitrogen and oxygen atoms in total. The fourth-order valence-electron chi connectivity index (χ4n) is 5.84. The topological polar surface area (TPSA) is 102 Å². The number of rotatable bonds is 10. The first-order valence-electron chi connectivity index (χ1n) is 15.0. The Bertz CT molecular complexity index is 1440. The summed E-state index contributed by atoms with van der Waals surface area (Å²) in [5, 5.41) is 6.13. The monoisotopic (exact) mass is 576 g/mol. The van der Waals surface area contributed by atoms with E-state index >= 15 is 0 Å². The SMILES string of the molecule is O=C(CC(=O)NC1CCCc2nc(OCc3ccccc3)ccc21)NC1CCCc2nc(OCc3ccccc3)ccc21. The van der Waals surface area contributed by atoms with Crippen molar-refractivity contribution in [3.63, 3.8) is 0 Å². The summed E-state index contributed by atoms with van der Waals surface area (Å²) in [6.45, 7) is 0.902. The van der Waals surface area contributed by atoms with Crippen LogP contribution < -0.4 is 20.1 Å². The summed E-state index contributed by atoms with van der Waals surface area (Å²) in [6, 6.07) is 27.3. The predicted octanol–water partition coefficient (Wildman–Crippen LogP) is 5.71. The first-order chi connectivity index (χ1) is 21.1. The molecule has 2 aliphatic rings. The Balaban J connectivity index is 1.01. The summed E-state index contributed by atoms with van der Waals surface area (Å²) in [7, 11) is 0. The molecule has 0 fully saturated rings. The van der Waals surface area contributed by atoms with E-state index in [-0.39, 0.29) is 30.3 Å². The molecule has 0 saturated heterocycles. The minimum atomic E-state index is -0.293. The fourth-order valence-corrected chi connectivity index (χ4v) is 5.84. The van der Waals surface area contributed by atoms with Crippen LogP contribution in [-0.4, -0.2) is 21.8 Å². The van der Waals surface area contributed by atoms with Crippen molar-refractivity contribution in [1.82, 2.24) is 20.6 Å². The molecule has 2 atom stereocenters. The van der Waals surface area contributed by atoms with Crippen LogP contribution in [0.3, 0.4) is 0 Å². The van der Waals surface area contributed by atoms with E-state index in [1.807, 2.05) is 84.9 Å². The molecule has 2 aliphatic carbocycles. The van der Waals surface area contributed by atoms with E-state index in [4.69, 9.17) is 19.4 Å². The number of aromatic nitrogens is 2. The highest BCUT2D eigenvalue weighted by Crippen LogP contribution is 2.32. The van der Waals surface area contributed by atoms with E-state index in [1.54, 1.807) is 0 Å². The van der Waals surface area contributed by atoms with Gasteiger partial charge in [-0.15, -0.1) is 0 Å². The molecule has 4 aromatic rings. The third kappa shape index (κ3) is 7.38. The third-order valence-corrected chi connectivity index (χ3v) is 7.98. The van der Waals surface area contributed by atoms with Crippen LogP contribution in [0.2, 0.25) is 0 Å². The van der Waals surface area contributed by atoms with Gasteiger partial charge >= 0.3 is 0 Å². The number of carbonyl (C=O) groups is 2. The van der Waals surface area contributed by atoms with Crippen molar-refractivity contribution in [3.8, 4) is 11.8 Å². The van der Waals surface area contributed by atoms with Gasteiger partial charge in [0.25, 0.3) is 0 Å². The second kappa shape index (κ2) is 13.5. The molecule has 0 aliphatic heterocycles. The zero-order valence-electron chi connectivity index (χ0n) is 24.1. The van der Waals surface area contributed by atoms with Gasteiger partial charge in [-0.1, -0.05) is 60.7 Å². The molecule has 0 radical (unpaired) electrons. The van der Waals surface area contributed by atoms with Crippen molar-refractivity contribution in [1.29, 1.82) is 0 Å². The summed E-state index contributed by atoms with van der Waals surface area (Å²) in [6.07, 6.45) is 4.86. The summed E-state index contributed by atoms with van der Waals surface area (Å²) >= 11 is 0. The molecule has 2 unspecified atom stereocenters. The molecule has 43 heavy (non-hydrogen) atoms. The number of hydrogen-bond donors (Lipinski definition) is 2. The summed E-state index contributed by atoms with van der Waals surface area (Å²) < 4.78 is 11.8. The van der Waals surface area contributed by atoms with Crippen molar-refractivity contribution in [2.45, 2.75) is 70.2 Å². The number of amides is 2. The minimum absolute atomic E-state index is 0.173. The van der Waals surface area contributed by atoms with Gasteiger partial charge in [-0.2, -0.15) is 0 Å². The van der Waals surface area contributed by atoms with Crippen LogP contribution in [0, 0.1) is 0 Å². The fraction of sp³-hybridized carbons (Fsp3) is 0.314. The Labute approximate surface area is 251 Å². The molecule has 2 N–H and O–H groups in total. The number of nitrogens with zero attached hydrogens (tertiary/aromatic N) is 2. The molecule has 0 bridgehead atoms. The molecule has 220 valence electrons. The number of nitrogens with one attached hydrogen (secondary N) is 2. The summed E-state index contributed by atoms with van der Waals surface area (Å²) in [4.78, 5) is 35.3. The molecular weight excluding hydrogens is 540 g/mol. The number of pyridine rings is 2. The molecule has 2 aromatic carbocycles. The van der Waals surface area contributed by atoms with Crippen LogP contribution in [-0.2, 0) is 35.6 Å². The second-order valence-corrected chi connectivity index (χ2v) is 11.1. The highest BCUT2D eigenvalue weighted by atomic mass is 16.5. The first kappa shape index (κ1) is 28.4. The van der Waals surface area contributed by atoms with E-state index in [9.17, 15) is 9.59 Å². The van der Waals surface area contributed by atoms with Crippen LogP contribution >= 0.6 is 0 Å². The molecule has 2 amide bonds. The lowest BCUT2D eigenvalue weighted by Gasteiger charge is -2.27. The molecule has 0 spiro atoms. The normalized spacial score (nSPS) is 17.2. The van der Waals surface area contributed by atoms with Crippen molar-refractivity contribution in [2.75, 3.05) is 0 Å². The van der Waals surface area contributed by atoms with Crippen LogP contribution in [0.25, 0.3) is 0 Å². The lowest BCUT2D eigenvalue weighted by molar-refractivity contribution is -0.130. The van der Waals surface area contributed by atoms with Gasteiger partial charge in [0.15, 0.2) is 0 Å². The second-order valence-electron chi connectivity index (χ2n) is 11.1. The maximum absolute atomic E-state index is 12.9. The van der Waals surface area contributed by atoms with Crippen molar-refractivity contribution in [2.24, 2.45) is 0 Å². The van der Waals surface area contributed by atoms with Crippen molar-refractivity contribution >= 4 is 11.8 Å². The largest absolute Gasteiger partial charge is 0.473 e. The van der Waals surface area contributed by atoms with E-state index in [0.717, 1.165) is 72.2 Å². The maximum Gasteiger partial charge on any atom is 0.229 e. The minimum Gasteiger partial charge on any atom is -0.473 e. The van der Waals surface area contributed by atoms with Crippen LogP contribution in [0.15, 0.2) is 84.9 Å². The molecule has 2 heterocycles. The van der Waals surface area contributed by atoms with Crippen LogP contribution in [0.1, 0.15) is 77.8 Å². The quantitative estimate of drug-likeness (QED) is 0.235. The maximum atomic E-state index is 12.9. The van der Waals surface area contributed by atoms with E-state index in [0.29, 0.717) is 25.0 Å². The Morgan fingerprint density at radius 2 is 1.07 bits per heavy atom. The van der Waals surface area contributed by atoms with E-state index < -0.39 is 0 Å². The van der Waals surface area contributed by atoms with Gasteiger partial charge in [-0.05, 0) is 72.9 Å². The van der Waals surface area contributed by atoms with Gasteiger partial charge < -0.3 is 20.1 Å². The Hall–Kier alpha value is -4.72. The lowest BCUT2D eigenvalue weighted by Crippen LogP contribution is -2.37. The molecule has 2 aromatic heterocycles. The Kier molecular flexibility index (Phi) is 8.92. The van der Waals surface area contributed by atoms with Gasteiger partial charge in [-0.25, -0.2) is 9.97 Å². The van der Waals surface area contributed by atoms with E-state index in [2.05, 4.69) is 10.6 Å². The molecular formula is C35H36N4O4. The molecule has 0 saturated carbocycles. The Morgan fingerprint density at radius 3 is 1.51 bits per heavy atom. The first-order valence-corrected chi connectivity index (χ1v) is 15.0. The van der Waals surface area contributed by atoms with Gasteiger partial charge in [-0.3, -0.25) is 9.59 Å². The number of carbonyl (C=O) groups excluding carboxylic acids is 2. The summed E-state index contributed by atoms with van der Waals surface area (Å²) in [5.74, 6) is 0.564. The zero-order chi connectivity index (χ0) is 29.4. The predicted molar refractivity (Wildman–Crippen MR) is 162 cm³/mol. The smallest absolute Gasteiger partial charge is 0.229 e. The lowest BCUT2D eigenvalue weighted by atomic mass is 9.91. The number of hydrogen-bond acceptors (Lipinski definition) is 6. The highest BCUT2D eigenvalue weighted by molar-refractivity contribution is 5.97. The average Bonchev–Trinajstić information content (AvgIpc) is 3.04. The van der Waals surface area contributed by atoms with Crippen LogP contribution in [0.5, 0.6) is 11.8 Å². The Morgan fingerprint density at radius 1 is 0.628 bits per heavy atom. The third-order valence-electron chi connectivity index (χ3n) is 7.98. The van der Waals surface area contributed by atoms with Crippen LogP contribution in [0.4, 0.5) is 0 Å². The van der Waals surface area contributed by atoms with Gasteiger partial charge in [0.1, 0.15) is 19.6 Å². The highest BCUT2D eigenvalue weighted by Gasteiger charge is 2.27. The van der Waals surface area contributed by atoms with Crippen molar-refractivity contribution < 1.29 is 19.1 Å². The molecule has 6 rings (SSSR count). The zero-order valence-corrected chi connectivity index (χ0v) is 24.1. The molecule has 8 heteroatoms. The van der Waals surface area contributed by atoms with E-state index in [1.165, 1.54) is 0 Å². The summed E-state index contributed by atoms with van der Waals surface area (Å²) in [5.41, 5.74) is 6.01. The van der Waals surface area contributed by atoms with Gasteiger partial charge in [0.2, 0.25) is 23.6 Å². The average molecular weight is 577 g/mol. The van der Waals surface area contributed by atoms with Gasteiger partial charge in [0.05, 0.1) is 12.1 Å².